The fraction of sp³-hybridized carbons (Fsp3) is 0.600. The fourth-order valence-corrected chi connectivity index (χ4v) is 2.84. The van der Waals surface area contributed by atoms with E-state index >= 15 is 0 Å². The summed E-state index contributed by atoms with van der Waals surface area (Å²) in [5.41, 5.74) is 7.22. The van der Waals surface area contributed by atoms with Crippen molar-refractivity contribution in [3.8, 4) is 0 Å². The second kappa shape index (κ2) is 5.57. The lowest BCUT2D eigenvalue weighted by molar-refractivity contribution is 0.121. The molecule has 0 spiro atoms. The Kier molecular flexibility index (Phi) is 3.82. The van der Waals surface area contributed by atoms with Crippen LogP contribution in [0.3, 0.4) is 0 Å². The zero-order valence-electron chi connectivity index (χ0n) is 11.3. The van der Waals surface area contributed by atoms with Crippen LogP contribution in [-0.2, 0) is 0 Å². The minimum absolute atomic E-state index is 0.0203. The van der Waals surface area contributed by atoms with Crippen LogP contribution in [-0.4, -0.2) is 48.6 Å². The van der Waals surface area contributed by atoms with Crippen LogP contribution in [0.15, 0.2) is 24.3 Å². The normalized spacial score (nSPS) is 23.5. The Morgan fingerprint density at radius 1 is 1.11 bits per heavy atom. The van der Waals surface area contributed by atoms with Crippen LogP contribution in [0.2, 0.25) is 0 Å². The van der Waals surface area contributed by atoms with E-state index in [0.717, 1.165) is 31.2 Å². The summed E-state index contributed by atoms with van der Waals surface area (Å²) in [5.74, 6) is -0.200. The van der Waals surface area contributed by atoms with E-state index in [4.69, 9.17) is 5.73 Å². The molecular formula is C15H22FN3. The fourth-order valence-electron chi connectivity index (χ4n) is 2.84. The summed E-state index contributed by atoms with van der Waals surface area (Å²) in [6.07, 6.45) is 2.77. The molecule has 19 heavy (non-hydrogen) atoms. The lowest BCUT2D eigenvalue weighted by Gasteiger charge is -2.36. The van der Waals surface area contributed by atoms with Gasteiger partial charge in [-0.3, -0.25) is 9.80 Å². The molecule has 4 heteroatoms. The van der Waals surface area contributed by atoms with Gasteiger partial charge in [-0.25, -0.2) is 4.39 Å². The molecule has 0 amide bonds. The maximum atomic E-state index is 12.9. The van der Waals surface area contributed by atoms with Crippen molar-refractivity contribution in [2.24, 2.45) is 5.73 Å². The van der Waals surface area contributed by atoms with E-state index in [1.54, 1.807) is 12.1 Å². The van der Waals surface area contributed by atoms with Gasteiger partial charge in [-0.2, -0.15) is 0 Å². The summed E-state index contributed by atoms with van der Waals surface area (Å²) in [6.45, 7) is 5.41. The van der Waals surface area contributed by atoms with Crippen LogP contribution in [0.5, 0.6) is 0 Å². The van der Waals surface area contributed by atoms with Crippen molar-refractivity contribution in [2.45, 2.75) is 24.9 Å². The maximum Gasteiger partial charge on any atom is 0.123 e. The molecule has 0 aromatic heterocycles. The van der Waals surface area contributed by atoms with Crippen molar-refractivity contribution in [3.63, 3.8) is 0 Å². The van der Waals surface area contributed by atoms with Crippen molar-refractivity contribution in [3.05, 3.63) is 35.6 Å². The third-order valence-electron chi connectivity index (χ3n) is 4.22. The molecule has 1 saturated carbocycles. The average Bonchev–Trinajstić information content (AvgIpc) is 3.25. The molecule has 3 nitrogen and oxygen atoms in total. The first-order valence-corrected chi connectivity index (χ1v) is 7.20. The highest BCUT2D eigenvalue weighted by molar-refractivity contribution is 5.19. The molecule has 3 rings (SSSR count). The summed E-state index contributed by atoms with van der Waals surface area (Å²) in [7, 11) is 0. The summed E-state index contributed by atoms with van der Waals surface area (Å²) >= 11 is 0. The predicted octanol–water partition coefficient (Wildman–Crippen LogP) is 1.61. The standard InChI is InChI=1S/C15H22FN3/c16-13-3-1-12(2-4-13)15(17)11-18-7-9-19(10-8-18)14-5-6-14/h1-4,14-15H,5-11,17H2. The first-order chi connectivity index (χ1) is 9.22. The lowest BCUT2D eigenvalue weighted by Crippen LogP contribution is -2.48. The smallest absolute Gasteiger partial charge is 0.123 e. The van der Waals surface area contributed by atoms with Crippen molar-refractivity contribution in [1.82, 2.24) is 9.80 Å². The molecule has 2 N–H and O–H groups in total. The second-order valence-corrected chi connectivity index (χ2v) is 5.73. The molecule has 104 valence electrons. The van der Waals surface area contributed by atoms with Crippen molar-refractivity contribution >= 4 is 0 Å². The van der Waals surface area contributed by atoms with Crippen LogP contribution in [0, 0.1) is 5.82 Å². The first-order valence-electron chi connectivity index (χ1n) is 7.20. The highest BCUT2D eigenvalue weighted by Crippen LogP contribution is 2.27. The maximum absolute atomic E-state index is 12.9. The van der Waals surface area contributed by atoms with Crippen LogP contribution in [0.25, 0.3) is 0 Å². The Hall–Kier alpha value is -0.970. The Morgan fingerprint density at radius 2 is 1.74 bits per heavy atom. The lowest BCUT2D eigenvalue weighted by atomic mass is 10.1. The number of piperazine rings is 1. The highest BCUT2D eigenvalue weighted by atomic mass is 19.1. The van der Waals surface area contributed by atoms with E-state index in [9.17, 15) is 4.39 Å². The van der Waals surface area contributed by atoms with E-state index in [2.05, 4.69) is 9.80 Å². The Labute approximate surface area is 114 Å². The first kappa shape index (κ1) is 13.0. The van der Waals surface area contributed by atoms with Gasteiger partial charge in [-0.1, -0.05) is 12.1 Å². The number of benzene rings is 1. The molecular weight excluding hydrogens is 241 g/mol. The minimum Gasteiger partial charge on any atom is -0.323 e. The molecule has 1 saturated heterocycles. The van der Waals surface area contributed by atoms with E-state index in [1.165, 1.54) is 38.1 Å². The van der Waals surface area contributed by atoms with Gasteiger partial charge in [0.25, 0.3) is 0 Å². The molecule has 0 bridgehead atoms. The number of nitrogens with two attached hydrogens (primary N) is 1. The number of nitrogens with zero attached hydrogens (tertiary/aromatic N) is 2. The van der Waals surface area contributed by atoms with Gasteiger partial charge in [-0.05, 0) is 30.5 Å². The van der Waals surface area contributed by atoms with Crippen molar-refractivity contribution < 1.29 is 4.39 Å². The Bertz CT molecular complexity index is 408. The molecule has 1 heterocycles. The number of halogens is 1. The molecule has 1 atom stereocenters. The van der Waals surface area contributed by atoms with Crippen LogP contribution in [0.4, 0.5) is 4.39 Å². The van der Waals surface area contributed by atoms with Gasteiger partial charge in [0.15, 0.2) is 0 Å². The van der Waals surface area contributed by atoms with Crippen LogP contribution in [0.1, 0.15) is 24.4 Å². The summed E-state index contributed by atoms with van der Waals surface area (Å²) in [5, 5.41) is 0. The molecule has 2 fully saturated rings. The van der Waals surface area contributed by atoms with Gasteiger partial charge in [0.1, 0.15) is 5.82 Å². The number of hydrogen-bond acceptors (Lipinski definition) is 3. The topological polar surface area (TPSA) is 32.5 Å². The van der Waals surface area contributed by atoms with Gasteiger partial charge in [0.2, 0.25) is 0 Å². The second-order valence-electron chi connectivity index (χ2n) is 5.73. The van der Waals surface area contributed by atoms with E-state index in [1.807, 2.05) is 0 Å². The summed E-state index contributed by atoms with van der Waals surface area (Å²) in [4.78, 5) is 5.02. The van der Waals surface area contributed by atoms with E-state index in [0.29, 0.717) is 0 Å². The largest absolute Gasteiger partial charge is 0.323 e. The molecule has 1 aromatic rings. The van der Waals surface area contributed by atoms with Gasteiger partial charge < -0.3 is 5.73 Å². The van der Waals surface area contributed by atoms with Crippen LogP contribution < -0.4 is 5.73 Å². The Morgan fingerprint density at radius 3 is 2.32 bits per heavy atom. The number of hydrogen-bond donors (Lipinski definition) is 1. The summed E-state index contributed by atoms with van der Waals surface area (Å²) in [6, 6.07) is 7.41. The minimum atomic E-state index is -0.200. The quantitative estimate of drug-likeness (QED) is 0.895. The van der Waals surface area contributed by atoms with E-state index < -0.39 is 0 Å². The highest BCUT2D eigenvalue weighted by Gasteiger charge is 2.31. The summed E-state index contributed by atoms with van der Waals surface area (Å²) < 4.78 is 12.9. The van der Waals surface area contributed by atoms with Gasteiger partial charge >= 0.3 is 0 Å². The zero-order chi connectivity index (χ0) is 13.2. The Balaban J connectivity index is 1.49. The molecule has 0 radical (unpaired) electrons. The zero-order valence-corrected chi connectivity index (χ0v) is 11.3. The van der Waals surface area contributed by atoms with E-state index in [-0.39, 0.29) is 11.9 Å². The molecule has 1 aliphatic heterocycles. The molecule has 1 unspecified atom stereocenters. The third-order valence-corrected chi connectivity index (χ3v) is 4.22. The van der Waals surface area contributed by atoms with Gasteiger partial charge in [0, 0.05) is 44.8 Å². The van der Waals surface area contributed by atoms with Crippen molar-refractivity contribution in [1.29, 1.82) is 0 Å². The van der Waals surface area contributed by atoms with Crippen molar-refractivity contribution in [2.75, 3.05) is 32.7 Å². The SMILES string of the molecule is NC(CN1CCN(C2CC2)CC1)c1ccc(F)cc1. The van der Waals surface area contributed by atoms with Gasteiger partial charge in [0.05, 0.1) is 0 Å². The molecule has 2 aliphatic rings. The van der Waals surface area contributed by atoms with Gasteiger partial charge in [-0.15, -0.1) is 0 Å². The molecule has 1 aromatic carbocycles. The predicted molar refractivity (Wildman–Crippen MR) is 74.4 cm³/mol. The number of rotatable bonds is 4. The molecule has 1 aliphatic carbocycles. The monoisotopic (exact) mass is 263 g/mol. The van der Waals surface area contributed by atoms with Crippen LogP contribution >= 0.6 is 0 Å². The average molecular weight is 263 g/mol. The third kappa shape index (κ3) is 3.32.